The van der Waals surface area contributed by atoms with E-state index in [1.54, 1.807) is 0 Å². The highest BCUT2D eigenvalue weighted by molar-refractivity contribution is 6.18. The van der Waals surface area contributed by atoms with Crippen LogP contribution in [0.25, 0.3) is 0 Å². The second-order valence-corrected chi connectivity index (χ2v) is 5.61. The van der Waals surface area contributed by atoms with Crippen LogP contribution in [-0.2, 0) is 0 Å². The van der Waals surface area contributed by atoms with Gasteiger partial charge >= 0.3 is 0 Å². The predicted octanol–water partition coefficient (Wildman–Crippen LogP) is 3.81. The van der Waals surface area contributed by atoms with Gasteiger partial charge in [-0.05, 0) is 30.7 Å². The fourth-order valence-corrected chi connectivity index (χ4v) is 2.75. The van der Waals surface area contributed by atoms with Crippen molar-refractivity contribution in [3.05, 3.63) is 0 Å². The summed E-state index contributed by atoms with van der Waals surface area (Å²) in [5.41, 5.74) is 0.410. The molecule has 0 saturated heterocycles. The molecular formula is C13H26ClN. The first kappa shape index (κ1) is 13.3. The molecule has 1 N–H and O–H groups in total. The van der Waals surface area contributed by atoms with Gasteiger partial charge in [0.25, 0.3) is 0 Å². The van der Waals surface area contributed by atoms with Crippen LogP contribution in [0, 0.1) is 11.3 Å². The van der Waals surface area contributed by atoms with Gasteiger partial charge in [0.2, 0.25) is 0 Å². The maximum atomic E-state index is 6.15. The van der Waals surface area contributed by atoms with Crippen LogP contribution < -0.4 is 5.32 Å². The zero-order valence-corrected chi connectivity index (χ0v) is 11.1. The summed E-state index contributed by atoms with van der Waals surface area (Å²) in [6, 6.07) is 0. The summed E-state index contributed by atoms with van der Waals surface area (Å²) < 4.78 is 0. The van der Waals surface area contributed by atoms with Gasteiger partial charge in [0.05, 0.1) is 0 Å². The minimum atomic E-state index is 0.410. The molecule has 0 aromatic heterocycles. The Labute approximate surface area is 100.0 Å². The number of nitrogens with one attached hydrogen (secondary N) is 1. The van der Waals surface area contributed by atoms with Crippen molar-refractivity contribution in [2.24, 2.45) is 11.3 Å². The molecule has 1 aliphatic rings. The van der Waals surface area contributed by atoms with Crippen LogP contribution in [0.2, 0.25) is 0 Å². The maximum Gasteiger partial charge on any atom is 0.0292 e. The molecule has 1 saturated carbocycles. The Kier molecular flexibility index (Phi) is 5.99. The van der Waals surface area contributed by atoms with Crippen molar-refractivity contribution in [1.29, 1.82) is 0 Å². The van der Waals surface area contributed by atoms with Crippen LogP contribution in [-0.4, -0.2) is 19.0 Å². The van der Waals surface area contributed by atoms with Crippen molar-refractivity contribution < 1.29 is 0 Å². The number of hydrogen-bond acceptors (Lipinski definition) is 1. The minimum Gasteiger partial charge on any atom is -0.316 e. The van der Waals surface area contributed by atoms with Crippen LogP contribution in [0.1, 0.15) is 52.4 Å². The molecule has 1 atom stereocenters. The van der Waals surface area contributed by atoms with Gasteiger partial charge in [-0.3, -0.25) is 0 Å². The van der Waals surface area contributed by atoms with Gasteiger partial charge in [0, 0.05) is 12.4 Å². The van der Waals surface area contributed by atoms with E-state index in [9.17, 15) is 0 Å². The summed E-state index contributed by atoms with van der Waals surface area (Å²) >= 11 is 6.15. The van der Waals surface area contributed by atoms with Gasteiger partial charge < -0.3 is 5.32 Å². The van der Waals surface area contributed by atoms with E-state index in [1.165, 1.54) is 38.5 Å². The van der Waals surface area contributed by atoms with Crippen LogP contribution in [0.4, 0.5) is 0 Å². The summed E-state index contributed by atoms with van der Waals surface area (Å²) in [5.74, 6) is 1.63. The van der Waals surface area contributed by atoms with Crippen molar-refractivity contribution in [3.8, 4) is 0 Å². The van der Waals surface area contributed by atoms with Crippen molar-refractivity contribution in [2.75, 3.05) is 19.0 Å². The van der Waals surface area contributed by atoms with E-state index in [1.807, 2.05) is 0 Å². The molecule has 0 heterocycles. The predicted molar refractivity (Wildman–Crippen MR) is 68.6 cm³/mol. The quantitative estimate of drug-likeness (QED) is 0.686. The number of alkyl halides is 1. The molecule has 1 aliphatic carbocycles. The normalized spacial score (nSPS) is 22.6. The highest BCUT2D eigenvalue weighted by atomic mass is 35.5. The summed E-state index contributed by atoms with van der Waals surface area (Å²) in [7, 11) is 0. The zero-order chi connectivity index (χ0) is 11.1. The molecule has 0 bridgehead atoms. The standard InChI is InChI=1S/C13H26ClN/c1-3-12(2)9-15-11-13(10-14)7-5-4-6-8-13/h12,15H,3-11H2,1-2H3. The molecule has 2 heteroatoms. The number of rotatable bonds is 6. The third kappa shape index (κ3) is 4.32. The molecule has 15 heavy (non-hydrogen) atoms. The molecule has 1 nitrogen and oxygen atoms in total. The molecule has 0 aromatic rings. The highest BCUT2D eigenvalue weighted by Gasteiger charge is 2.30. The van der Waals surface area contributed by atoms with Gasteiger partial charge in [0.15, 0.2) is 0 Å². The smallest absolute Gasteiger partial charge is 0.0292 e. The summed E-state index contributed by atoms with van der Waals surface area (Å²) in [6.45, 7) is 6.83. The van der Waals surface area contributed by atoms with Crippen molar-refractivity contribution in [1.82, 2.24) is 5.32 Å². The molecule has 0 amide bonds. The Bertz CT molecular complexity index is 164. The number of halogens is 1. The Morgan fingerprint density at radius 1 is 1.27 bits per heavy atom. The first-order chi connectivity index (χ1) is 7.22. The third-order valence-electron chi connectivity index (χ3n) is 3.89. The van der Waals surface area contributed by atoms with E-state index in [0.717, 1.165) is 24.9 Å². The van der Waals surface area contributed by atoms with E-state index >= 15 is 0 Å². The molecular weight excluding hydrogens is 206 g/mol. The van der Waals surface area contributed by atoms with E-state index in [2.05, 4.69) is 19.2 Å². The molecule has 1 rings (SSSR count). The first-order valence-corrected chi connectivity index (χ1v) is 7.02. The number of hydrogen-bond donors (Lipinski definition) is 1. The Morgan fingerprint density at radius 3 is 2.47 bits per heavy atom. The monoisotopic (exact) mass is 231 g/mol. The Morgan fingerprint density at radius 2 is 1.93 bits per heavy atom. The first-order valence-electron chi connectivity index (χ1n) is 6.49. The minimum absolute atomic E-state index is 0.410. The zero-order valence-electron chi connectivity index (χ0n) is 10.3. The molecule has 0 spiro atoms. The van der Waals surface area contributed by atoms with E-state index < -0.39 is 0 Å². The molecule has 90 valence electrons. The maximum absolute atomic E-state index is 6.15. The Hall–Kier alpha value is 0.250. The van der Waals surface area contributed by atoms with Gasteiger partial charge in [-0.1, -0.05) is 39.5 Å². The summed E-state index contributed by atoms with van der Waals surface area (Å²) in [4.78, 5) is 0. The molecule has 1 fully saturated rings. The molecule has 0 aliphatic heterocycles. The second kappa shape index (κ2) is 6.75. The van der Waals surface area contributed by atoms with Crippen LogP contribution in [0.3, 0.4) is 0 Å². The summed E-state index contributed by atoms with van der Waals surface area (Å²) in [6.07, 6.45) is 8.06. The Balaban J connectivity index is 2.26. The highest BCUT2D eigenvalue weighted by Crippen LogP contribution is 2.36. The van der Waals surface area contributed by atoms with Crippen LogP contribution >= 0.6 is 11.6 Å². The van der Waals surface area contributed by atoms with E-state index in [4.69, 9.17) is 11.6 Å². The molecule has 0 aromatic carbocycles. The largest absolute Gasteiger partial charge is 0.316 e. The van der Waals surface area contributed by atoms with E-state index in [-0.39, 0.29) is 0 Å². The van der Waals surface area contributed by atoms with Gasteiger partial charge in [-0.25, -0.2) is 0 Å². The molecule has 0 radical (unpaired) electrons. The van der Waals surface area contributed by atoms with Crippen LogP contribution in [0.15, 0.2) is 0 Å². The van der Waals surface area contributed by atoms with E-state index in [0.29, 0.717) is 5.41 Å². The van der Waals surface area contributed by atoms with Crippen molar-refractivity contribution in [2.45, 2.75) is 52.4 Å². The average Bonchev–Trinajstić information content (AvgIpc) is 2.30. The fourth-order valence-electron chi connectivity index (χ4n) is 2.39. The van der Waals surface area contributed by atoms with Gasteiger partial charge in [0.1, 0.15) is 0 Å². The second-order valence-electron chi connectivity index (χ2n) is 5.34. The van der Waals surface area contributed by atoms with Crippen molar-refractivity contribution >= 4 is 11.6 Å². The SMILES string of the molecule is CCC(C)CNCC1(CCl)CCCCC1. The lowest BCUT2D eigenvalue weighted by atomic mass is 9.75. The summed E-state index contributed by atoms with van der Waals surface area (Å²) in [5, 5.41) is 3.61. The third-order valence-corrected chi connectivity index (χ3v) is 4.45. The molecule has 1 unspecified atom stereocenters. The average molecular weight is 232 g/mol. The fraction of sp³-hybridized carbons (Fsp3) is 1.00. The lowest BCUT2D eigenvalue weighted by molar-refractivity contribution is 0.209. The van der Waals surface area contributed by atoms with Gasteiger partial charge in [-0.2, -0.15) is 0 Å². The van der Waals surface area contributed by atoms with Crippen LogP contribution in [0.5, 0.6) is 0 Å². The van der Waals surface area contributed by atoms with Crippen molar-refractivity contribution in [3.63, 3.8) is 0 Å². The van der Waals surface area contributed by atoms with Gasteiger partial charge in [-0.15, -0.1) is 11.6 Å². The topological polar surface area (TPSA) is 12.0 Å². The lowest BCUT2D eigenvalue weighted by Crippen LogP contribution is -2.39. The lowest BCUT2D eigenvalue weighted by Gasteiger charge is -2.36.